The first-order valence-electron chi connectivity index (χ1n) is 8.06. The summed E-state index contributed by atoms with van der Waals surface area (Å²) in [5, 5.41) is 10.8. The number of methoxy groups -OCH3 is 2. The molecule has 0 aliphatic carbocycles. The Morgan fingerprint density at radius 1 is 1.04 bits per heavy atom. The summed E-state index contributed by atoms with van der Waals surface area (Å²) in [6, 6.07) is 9.42. The molecule has 0 fully saturated rings. The maximum absolute atomic E-state index is 9.79. The minimum atomic E-state index is 0.109. The van der Waals surface area contributed by atoms with Gasteiger partial charge in [-0.2, -0.15) is 0 Å². The van der Waals surface area contributed by atoms with Gasteiger partial charge in [0, 0.05) is 16.5 Å². The van der Waals surface area contributed by atoms with Gasteiger partial charge in [-0.25, -0.2) is 0 Å². The summed E-state index contributed by atoms with van der Waals surface area (Å²) in [5.41, 5.74) is 3.89. The normalized spacial score (nSPS) is 11.0. The average molecular weight is 326 g/mol. The zero-order valence-corrected chi connectivity index (χ0v) is 14.5. The smallest absolute Gasteiger partial charge is 0.176 e. The van der Waals surface area contributed by atoms with Crippen molar-refractivity contribution in [1.82, 2.24) is 0 Å². The van der Waals surface area contributed by atoms with E-state index in [1.54, 1.807) is 19.2 Å². The maximum atomic E-state index is 9.79. The fourth-order valence-corrected chi connectivity index (χ4v) is 3.02. The van der Waals surface area contributed by atoms with Gasteiger partial charge in [-0.3, -0.25) is 0 Å². The summed E-state index contributed by atoms with van der Waals surface area (Å²) in [6.07, 6.45) is 2.08. The number of fused-ring (bicyclic) bond motifs is 1. The Labute approximate surface area is 141 Å². The van der Waals surface area contributed by atoms with E-state index in [0.717, 1.165) is 46.4 Å². The summed E-state index contributed by atoms with van der Waals surface area (Å²) in [7, 11) is 3.19. The molecule has 0 radical (unpaired) electrons. The molecule has 126 valence electrons. The Kier molecular flexibility index (Phi) is 4.38. The van der Waals surface area contributed by atoms with Gasteiger partial charge in [-0.05, 0) is 49.2 Å². The quantitative estimate of drug-likeness (QED) is 0.710. The number of benzene rings is 2. The van der Waals surface area contributed by atoms with Crippen molar-refractivity contribution in [3.63, 3.8) is 0 Å². The summed E-state index contributed by atoms with van der Waals surface area (Å²) in [4.78, 5) is 0. The van der Waals surface area contributed by atoms with Gasteiger partial charge in [0.15, 0.2) is 22.8 Å². The van der Waals surface area contributed by atoms with E-state index in [-0.39, 0.29) is 5.75 Å². The van der Waals surface area contributed by atoms with Crippen LogP contribution in [0.3, 0.4) is 0 Å². The standard InChI is InChI=1S/C20H22O4/c1-5-6-13-9-15-12(2)19(24-20(15)18(10-13)23-4)14-7-8-16(21)17(11-14)22-3/h7-11,21H,5-6H2,1-4H3. The van der Waals surface area contributed by atoms with Crippen molar-refractivity contribution in [3.05, 3.63) is 41.5 Å². The van der Waals surface area contributed by atoms with E-state index in [1.807, 2.05) is 19.1 Å². The van der Waals surface area contributed by atoms with Gasteiger partial charge in [-0.15, -0.1) is 0 Å². The van der Waals surface area contributed by atoms with E-state index in [0.29, 0.717) is 5.75 Å². The molecule has 0 unspecified atom stereocenters. The molecule has 4 nitrogen and oxygen atoms in total. The van der Waals surface area contributed by atoms with Crippen LogP contribution in [-0.4, -0.2) is 19.3 Å². The zero-order chi connectivity index (χ0) is 17.3. The third kappa shape index (κ3) is 2.68. The van der Waals surface area contributed by atoms with Crippen LogP contribution in [-0.2, 0) is 6.42 Å². The van der Waals surface area contributed by atoms with Gasteiger partial charge in [0.05, 0.1) is 14.2 Å². The number of furan rings is 1. The largest absolute Gasteiger partial charge is 0.504 e. The average Bonchev–Trinajstić information content (AvgIpc) is 2.92. The van der Waals surface area contributed by atoms with Crippen molar-refractivity contribution in [2.45, 2.75) is 26.7 Å². The molecule has 0 spiro atoms. The van der Waals surface area contributed by atoms with Crippen LogP contribution in [0.2, 0.25) is 0 Å². The van der Waals surface area contributed by atoms with Gasteiger partial charge in [0.25, 0.3) is 0 Å². The molecule has 0 saturated heterocycles. The van der Waals surface area contributed by atoms with Gasteiger partial charge in [0.2, 0.25) is 0 Å². The van der Waals surface area contributed by atoms with E-state index in [4.69, 9.17) is 13.9 Å². The Morgan fingerprint density at radius 3 is 2.46 bits per heavy atom. The second-order valence-electron chi connectivity index (χ2n) is 5.87. The highest BCUT2D eigenvalue weighted by molar-refractivity contribution is 5.92. The Hall–Kier alpha value is -2.62. The Balaban J connectivity index is 2.21. The molecule has 0 atom stereocenters. The molecule has 1 aromatic heterocycles. The van der Waals surface area contributed by atoms with Crippen LogP contribution in [0.25, 0.3) is 22.3 Å². The van der Waals surface area contributed by atoms with Crippen LogP contribution in [0.15, 0.2) is 34.7 Å². The molecular formula is C20H22O4. The summed E-state index contributed by atoms with van der Waals surface area (Å²) < 4.78 is 16.8. The van der Waals surface area contributed by atoms with E-state index in [1.165, 1.54) is 12.7 Å². The first kappa shape index (κ1) is 16.2. The van der Waals surface area contributed by atoms with E-state index < -0.39 is 0 Å². The van der Waals surface area contributed by atoms with E-state index in [9.17, 15) is 5.11 Å². The van der Waals surface area contributed by atoms with Crippen LogP contribution in [0.1, 0.15) is 24.5 Å². The molecule has 0 saturated carbocycles. The highest BCUT2D eigenvalue weighted by Gasteiger charge is 2.18. The summed E-state index contributed by atoms with van der Waals surface area (Å²) in [6.45, 7) is 4.20. The number of phenols is 1. The number of aryl methyl sites for hydroxylation is 2. The predicted molar refractivity (Wildman–Crippen MR) is 95.2 cm³/mol. The molecule has 1 N–H and O–H groups in total. The van der Waals surface area contributed by atoms with Crippen molar-refractivity contribution in [1.29, 1.82) is 0 Å². The van der Waals surface area contributed by atoms with Crippen molar-refractivity contribution in [2.24, 2.45) is 0 Å². The lowest BCUT2D eigenvalue weighted by Gasteiger charge is -2.05. The number of phenolic OH excluding ortho intramolecular Hbond substituents is 1. The Bertz CT molecular complexity index is 877. The van der Waals surface area contributed by atoms with Gasteiger partial charge < -0.3 is 19.0 Å². The highest BCUT2D eigenvalue weighted by Crippen LogP contribution is 2.40. The number of rotatable bonds is 5. The van der Waals surface area contributed by atoms with Gasteiger partial charge >= 0.3 is 0 Å². The minimum absolute atomic E-state index is 0.109. The summed E-state index contributed by atoms with van der Waals surface area (Å²) >= 11 is 0. The van der Waals surface area contributed by atoms with Gasteiger partial charge in [0.1, 0.15) is 5.76 Å². The lowest BCUT2D eigenvalue weighted by Crippen LogP contribution is -1.88. The van der Waals surface area contributed by atoms with Crippen LogP contribution in [0, 0.1) is 6.92 Å². The van der Waals surface area contributed by atoms with Crippen LogP contribution in [0.5, 0.6) is 17.2 Å². The monoisotopic (exact) mass is 326 g/mol. The fourth-order valence-electron chi connectivity index (χ4n) is 3.02. The molecule has 0 amide bonds. The first-order chi connectivity index (χ1) is 11.6. The molecule has 3 rings (SSSR count). The molecule has 2 aromatic carbocycles. The van der Waals surface area contributed by atoms with E-state index >= 15 is 0 Å². The molecule has 0 aliphatic rings. The number of ether oxygens (including phenoxy) is 2. The summed E-state index contributed by atoms with van der Waals surface area (Å²) in [5.74, 6) is 2.04. The highest BCUT2D eigenvalue weighted by atomic mass is 16.5. The topological polar surface area (TPSA) is 51.8 Å². The molecule has 0 bridgehead atoms. The van der Waals surface area contributed by atoms with Crippen LogP contribution in [0.4, 0.5) is 0 Å². The molecule has 3 aromatic rings. The Morgan fingerprint density at radius 2 is 1.79 bits per heavy atom. The SMILES string of the molecule is CCCc1cc(OC)c2oc(-c3ccc(O)c(OC)c3)c(C)c2c1. The van der Waals surface area contributed by atoms with Crippen molar-refractivity contribution < 1.29 is 19.0 Å². The lowest BCUT2D eigenvalue weighted by molar-refractivity contribution is 0.373. The maximum Gasteiger partial charge on any atom is 0.176 e. The fraction of sp³-hybridized carbons (Fsp3) is 0.300. The molecule has 4 heteroatoms. The predicted octanol–water partition coefficient (Wildman–Crippen LogP) is 5.08. The number of aromatic hydroxyl groups is 1. The lowest BCUT2D eigenvalue weighted by atomic mass is 10.0. The van der Waals surface area contributed by atoms with Gasteiger partial charge in [-0.1, -0.05) is 13.3 Å². The van der Waals surface area contributed by atoms with Crippen molar-refractivity contribution >= 4 is 11.0 Å². The third-order valence-corrected chi connectivity index (χ3v) is 4.26. The van der Waals surface area contributed by atoms with Crippen LogP contribution >= 0.6 is 0 Å². The molecule has 24 heavy (non-hydrogen) atoms. The van der Waals surface area contributed by atoms with E-state index in [2.05, 4.69) is 13.0 Å². The third-order valence-electron chi connectivity index (χ3n) is 4.26. The second-order valence-corrected chi connectivity index (χ2v) is 5.87. The van der Waals surface area contributed by atoms with Crippen molar-refractivity contribution in [3.8, 4) is 28.6 Å². The second kappa shape index (κ2) is 6.48. The van der Waals surface area contributed by atoms with Crippen LogP contribution < -0.4 is 9.47 Å². The minimum Gasteiger partial charge on any atom is -0.504 e. The molecule has 1 heterocycles. The number of hydrogen-bond donors (Lipinski definition) is 1. The molecule has 0 aliphatic heterocycles. The first-order valence-corrected chi connectivity index (χ1v) is 8.06. The van der Waals surface area contributed by atoms with Crippen molar-refractivity contribution in [2.75, 3.05) is 14.2 Å². The zero-order valence-electron chi connectivity index (χ0n) is 14.5. The molecular weight excluding hydrogens is 304 g/mol. The number of hydrogen-bond acceptors (Lipinski definition) is 4.